The van der Waals surface area contributed by atoms with Crippen LogP contribution in [0.3, 0.4) is 0 Å². The van der Waals surface area contributed by atoms with Gasteiger partial charge in [-0.3, -0.25) is 0 Å². The van der Waals surface area contributed by atoms with Crippen LogP contribution in [0.5, 0.6) is 0 Å². The molecular weight excluding hydrogens is 264 g/mol. The average molecular weight is 282 g/mol. The van der Waals surface area contributed by atoms with Crippen LogP contribution >= 0.6 is 0 Å². The Morgan fingerprint density at radius 2 is 1.86 bits per heavy atom. The molecule has 0 saturated heterocycles. The van der Waals surface area contributed by atoms with Crippen molar-refractivity contribution in [1.29, 1.82) is 0 Å². The number of nitrogens with zero attached hydrogens (tertiary/aromatic N) is 2. The SMILES string of the molecule is Cc1nc(C2CCCc3ccccc32)nc(C)c1C(=O)O. The summed E-state index contributed by atoms with van der Waals surface area (Å²) in [6, 6.07) is 8.40. The van der Waals surface area contributed by atoms with E-state index in [0.29, 0.717) is 11.4 Å². The molecule has 0 radical (unpaired) electrons. The maximum absolute atomic E-state index is 11.2. The molecule has 1 aliphatic rings. The molecule has 1 unspecified atom stereocenters. The Labute approximate surface area is 123 Å². The largest absolute Gasteiger partial charge is 0.478 e. The summed E-state index contributed by atoms with van der Waals surface area (Å²) in [6.07, 6.45) is 3.23. The lowest BCUT2D eigenvalue weighted by atomic mass is 9.82. The zero-order valence-electron chi connectivity index (χ0n) is 12.3. The third kappa shape index (κ3) is 2.42. The highest BCUT2D eigenvalue weighted by Crippen LogP contribution is 2.35. The van der Waals surface area contributed by atoms with Crippen LogP contribution in [-0.4, -0.2) is 21.0 Å². The Bertz CT molecular complexity index is 687. The van der Waals surface area contributed by atoms with E-state index in [9.17, 15) is 9.90 Å². The summed E-state index contributed by atoms with van der Waals surface area (Å²) in [5, 5.41) is 9.23. The first-order valence-electron chi connectivity index (χ1n) is 7.24. The number of carboxylic acids is 1. The molecule has 1 aromatic heterocycles. The summed E-state index contributed by atoms with van der Waals surface area (Å²) in [4.78, 5) is 20.2. The summed E-state index contributed by atoms with van der Waals surface area (Å²) in [5.74, 6) is -0.0297. The van der Waals surface area contributed by atoms with Crippen molar-refractivity contribution in [2.45, 2.75) is 39.0 Å². The van der Waals surface area contributed by atoms with E-state index in [1.54, 1.807) is 13.8 Å². The van der Waals surface area contributed by atoms with Crippen LogP contribution in [0.1, 0.15) is 57.5 Å². The van der Waals surface area contributed by atoms with Gasteiger partial charge in [0, 0.05) is 5.92 Å². The van der Waals surface area contributed by atoms with Gasteiger partial charge in [0.1, 0.15) is 11.4 Å². The second-order valence-corrected chi connectivity index (χ2v) is 5.58. The summed E-state index contributed by atoms with van der Waals surface area (Å²) in [7, 11) is 0. The molecule has 4 heteroatoms. The molecule has 0 saturated carbocycles. The zero-order chi connectivity index (χ0) is 15.0. The van der Waals surface area contributed by atoms with Crippen molar-refractivity contribution in [3.63, 3.8) is 0 Å². The van der Waals surface area contributed by atoms with E-state index in [-0.39, 0.29) is 11.5 Å². The fourth-order valence-corrected chi connectivity index (χ4v) is 3.23. The van der Waals surface area contributed by atoms with Crippen LogP contribution in [0.4, 0.5) is 0 Å². The van der Waals surface area contributed by atoms with Gasteiger partial charge in [-0.2, -0.15) is 0 Å². The zero-order valence-corrected chi connectivity index (χ0v) is 12.3. The van der Waals surface area contributed by atoms with Gasteiger partial charge in [0.15, 0.2) is 0 Å². The van der Waals surface area contributed by atoms with E-state index in [0.717, 1.165) is 25.1 Å². The molecule has 0 amide bonds. The molecule has 0 fully saturated rings. The van der Waals surface area contributed by atoms with Crippen LogP contribution in [0.2, 0.25) is 0 Å². The van der Waals surface area contributed by atoms with Crippen LogP contribution in [0.15, 0.2) is 24.3 Å². The van der Waals surface area contributed by atoms with Crippen molar-refractivity contribution in [2.75, 3.05) is 0 Å². The van der Waals surface area contributed by atoms with E-state index in [1.807, 2.05) is 6.07 Å². The number of aromatic carboxylic acids is 1. The predicted molar refractivity (Wildman–Crippen MR) is 79.7 cm³/mol. The quantitative estimate of drug-likeness (QED) is 0.918. The fourth-order valence-electron chi connectivity index (χ4n) is 3.23. The number of hydrogen-bond donors (Lipinski definition) is 1. The van der Waals surface area contributed by atoms with Crippen molar-refractivity contribution in [3.05, 3.63) is 58.2 Å². The first-order chi connectivity index (χ1) is 10.1. The second-order valence-electron chi connectivity index (χ2n) is 5.58. The van der Waals surface area contributed by atoms with Gasteiger partial charge in [-0.1, -0.05) is 24.3 Å². The molecule has 0 spiro atoms. The third-order valence-corrected chi connectivity index (χ3v) is 4.18. The molecule has 0 bridgehead atoms. The molecule has 3 rings (SSSR count). The normalized spacial score (nSPS) is 17.3. The Morgan fingerprint density at radius 1 is 1.19 bits per heavy atom. The maximum atomic E-state index is 11.2. The van der Waals surface area contributed by atoms with Crippen LogP contribution in [0, 0.1) is 13.8 Å². The summed E-state index contributed by atoms with van der Waals surface area (Å²) in [6.45, 7) is 3.49. The first-order valence-corrected chi connectivity index (χ1v) is 7.24. The molecule has 4 nitrogen and oxygen atoms in total. The van der Waals surface area contributed by atoms with E-state index < -0.39 is 5.97 Å². The van der Waals surface area contributed by atoms with Gasteiger partial charge < -0.3 is 5.11 Å². The van der Waals surface area contributed by atoms with Gasteiger partial charge in [0.25, 0.3) is 0 Å². The second kappa shape index (κ2) is 5.28. The van der Waals surface area contributed by atoms with Crippen LogP contribution in [0.25, 0.3) is 0 Å². The number of aromatic nitrogens is 2. The first kappa shape index (κ1) is 13.7. The van der Waals surface area contributed by atoms with Crippen molar-refractivity contribution in [1.82, 2.24) is 9.97 Å². The topological polar surface area (TPSA) is 63.1 Å². The lowest BCUT2D eigenvalue weighted by molar-refractivity contribution is 0.0694. The van der Waals surface area contributed by atoms with Crippen molar-refractivity contribution >= 4 is 5.97 Å². The molecular formula is C17H18N2O2. The molecule has 1 aromatic carbocycles. The van der Waals surface area contributed by atoms with Crippen molar-refractivity contribution < 1.29 is 9.90 Å². The number of carbonyl (C=O) groups is 1. The van der Waals surface area contributed by atoms with E-state index in [1.165, 1.54) is 11.1 Å². The highest BCUT2D eigenvalue weighted by molar-refractivity contribution is 5.89. The minimum Gasteiger partial charge on any atom is -0.478 e. The van der Waals surface area contributed by atoms with Gasteiger partial charge in [-0.15, -0.1) is 0 Å². The van der Waals surface area contributed by atoms with Gasteiger partial charge in [-0.25, -0.2) is 14.8 Å². The highest BCUT2D eigenvalue weighted by Gasteiger charge is 2.25. The molecule has 0 aliphatic heterocycles. The third-order valence-electron chi connectivity index (χ3n) is 4.18. The van der Waals surface area contributed by atoms with Crippen LogP contribution in [-0.2, 0) is 6.42 Å². The van der Waals surface area contributed by atoms with Crippen molar-refractivity contribution in [2.24, 2.45) is 0 Å². The van der Waals surface area contributed by atoms with Crippen LogP contribution < -0.4 is 0 Å². The Hall–Kier alpha value is -2.23. The smallest absolute Gasteiger partial charge is 0.339 e. The number of carboxylic acid groups (broad SMARTS) is 1. The standard InChI is InChI=1S/C17H18N2O2/c1-10-15(17(20)21)11(2)19-16(18-10)14-9-5-7-12-6-3-4-8-13(12)14/h3-4,6,8,14H,5,7,9H2,1-2H3,(H,20,21). The number of rotatable bonds is 2. The maximum Gasteiger partial charge on any atom is 0.339 e. The van der Waals surface area contributed by atoms with E-state index in [4.69, 9.17) is 0 Å². The molecule has 1 atom stereocenters. The average Bonchev–Trinajstić information content (AvgIpc) is 2.45. The van der Waals surface area contributed by atoms with Gasteiger partial charge >= 0.3 is 5.97 Å². The number of benzene rings is 1. The number of aryl methyl sites for hydroxylation is 3. The predicted octanol–water partition coefficient (Wildman–Crippen LogP) is 3.26. The summed E-state index contributed by atoms with van der Waals surface area (Å²) < 4.78 is 0. The van der Waals surface area contributed by atoms with Gasteiger partial charge in [0.2, 0.25) is 0 Å². The minimum atomic E-state index is -0.958. The summed E-state index contributed by atoms with van der Waals surface area (Å²) in [5.41, 5.74) is 3.96. The lowest BCUT2D eigenvalue weighted by Crippen LogP contribution is -2.17. The molecule has 1 heterocycles. The van der Waals surface area contributed by atoms with E-state index >= 15 is 0 Å². The number of hydrogen-bond acceptors (Lipinski definition) is 3. The van der Waals surface area contributed by atoms with Crippen molar-refractivity contribution in [3.8, 4) is 0 Å². The lowest BCUT2D eigenvalue weighted by Gasteiger charge is -2.25. The molecule has 21 heavy (non-hydrogen) atoms. The molecule has 1 aliphatic carbocycles. The number of fused-ring (bicyclic) bond motifs is 1. The van der Waals surface area contributed by atoms with E-state index in [2.05, 4.69) is 28.2 Å². The Morgan fingerprint density at radius 3 is 2.52 bits per heavy atom. The Balaban J connectivity index is 2.09. The van der Waals surface area contributed by atoms with Gasteiger partial charge in [0.05, 0.1) is 11.4 Å². The minimum absolute atomic E-state index is 0.176. The fraction of sp³-hybridized carbons (Fsp3) is 0.353. The monoisotopic (exact) mass is 282 g/mol. The van der Waals surface area contributed by atoms with Gasteiger partial charge in [-0.05, 0) is 44.2 Å². The summed E-state index contributed by atoms with van der Waals surface area (Å²) >= 11 is 0. The Kier molecular flexibility index (Phi) is 3.45. The molecule has 1 N–H and O–H groups in total. The highest BCUT2D eigenvalue weighted by atomic mass is 16.4. The molecule has 108 valence electrons. The molecule has 2 aromatic rings.